The van der Waals surface area contributed by atoms with Gasteiger partial charge in [-0.05, 0) is 25.7 Å². The van der Waals surface area contributed by atoms with Gasteiger partial charge in [-0.15, -0.1) is 0 Å². The van der Waals surface area contributed by atoms with E-state index in [0.717, 1.165) is 12.3 Å². The zero-order valence-electron chi connectivity index (χ0n) is 11.7. The highest BCUT2D eigenvalue weighted by Gasteiger charge is 2.27. The molecule has 118 valence electrons. The van der Waals surface area contributed by atoms with Crippen molar-refractivity contribution >= 4 is 23.4 Å². The van der Waals surface area contributed by atoms with Crippen LogP contribution >= 0.6 is 0 Å². The Hall–Kier alpha value is -2.71. The molecule has 0 spiro atoms. The van der Waals surface area contributed by atoms with Crippen molar-refractivity contribution in [1.82, 2.24) is 4.98 Å². The molecule has 1 aliphatic carbocycles. The lowest BCUT2D eigenvalue weighted by molar-refractivity contribution is -0.385. The number of nitrogens with two attached hydrogens (primary N) is 1. The molecule has 2 rings (SSSR count). The number of carboxylic acids is 1. The molecule has 0 radical (unpaired) electrons. The topological polar surface area (TPSA) is 148 Å². The van der Waals surface area contributed by atoms with Gasteiger partial charge in [-0.2, -0.15) is 0 Å². The Morgan fingerprint density at radius 2 is 2.00 bits per heavy atom. The van der Waals surface area contributed by atoms with Crippen molar-refractivity contribution in [3.8, 4) is 0 Å². The number of nitrogens with zero attached hydrogens (tertiary/aromatic N) is 2. The number of hydrogen-bond acceptors (Lipinski definition) is 6. The molecule has 1 heterocycles. The van der Waals surface area contributed by atoms with Gasteiger partial charge in [0.1, 0.15) is 12.0 Å². The van der Waals surface area contributed by atoms with E-state index in [2.05, 4.69) is 10.3 Å². The van der Waals surface area contributed by atoms with Crippen molar-refractivity contribution in [2.24, 2.45) is 11.7 Å². The smallest absolute Gasteiger partial charge is 0.306 e. The third-order valence-electron chi connectivity index (χ3n) is 3.77. The summed E-state index contributed by atoms with van der Waals surface area (Å²) in [5.41, 5.74) is 4.87. The monoisotopic (exact) mass is 308 g/mol. The average molecular weight is 308 g/mol. The minimum absolute atomic E-state index is 0.0392. The highest BCUT2D eigenvalue weighted by atomic mass is 16.6. The quantitative estimate of drug-likeness (QED) is 0.545. The number of aromatic nitrogens is 1. The molecular formula is C13H16N4O5. The molecule has 0 unspecified atom stereocenters. The summed E-state index contributed by atoms with van der Waals surface area (Å²) in [5, 5.41) is 22.7. The van der Waals surface area contributed by atoms with E-state index in [1.54, 1.807) is 0 Å². The molecule has 1 aromatic heterocycles. The fraction of sp³-hybridized carbons (Fsp3) is 0.462. The Balaban J connectivity index is 2.11. The summed E-state index contributed by atoms with van der Waals surface area (Å²) in [6.45, 7) is 0. The van der Waals surface area contributed by atoms with E-state index in [4.69, 9.17) is 10.8 Å². The van der Waals surface area contributed by atoms with Gasteiger partial charge in [-0.3, -0.25) is 19.7 Å². The minimum Gasteiger partial charge on any atom is -0.481 e. The van der Waals surface area contributed by atoms with Gasteiger partial charge in [0.15, 0.2) is 0 Å². The first kappa shape index (κ1) is 15.7. The molecule has 9 heteroatoms. The van der Waals surface area contributed by atoms with Crippen molar-refractivity contribution < 1.29 is 19.6 Å². The van der Waals surface area contributed by atoms with Gasteiger partial charge >= 0.3 is 5.97 Å². The molecule has 1 fully saturated rings. The van der Waals surface area contributed by atoms with E-state index < -0.39 is 16.8 Å². The van der Waals surface area contributed by atoms with Crippen LogP contribution in [0.5, 0.6) is 0 Å². The molecule has 1 aliphatic rings. The molecule has 0 bridgehead atoms. The van der Waals surface area contributed by atoms with E-state index in [0.29, 0.717) is 25.7 Å². The van der Waals surface area contributed by atoms with E-state index in [1.165, 1.54) is 0 Å². The molecule has 1 amide bonds. The van der Waals surface area contributed by atoms with Crippen LogP contribution in [0, 0.1) is 16.0 Å². The number of nitro groups is 1. The van der Waals surface area contributed by atoms with Gasteiger partial charge in [0.25, 0.3) is 11.6 Å². The van der Waals surface area contributed by atoms with Crippen molar-refractivity contribution in [3.05, 3.63) is 27.9 Å². The van der Waals surface area contributed by atoms with Crippen LogP contribution in [-0.2, 0) is 4.79 Å². The number of pyridine rings is 1. The first-order chi connectivity index (χ1) is 10.4. The Morgan fingerprint density at radius 1 is 1.36 bits per heavy atom. The number of primary amides is 1. The van der Waals surface area contributed by atoms with Crippen LogP contribution in [0.15, 0.2) is 12.3 Å². The first-order valence-electron chi connectivity index (χ1n) is 6.82. The van der Waals surface area contributed by atoms with Crippen LogP contribution in [0.2, 0.25) is 0 Å². The summed E-state index contributed by atoms with van der Waals surface area (Å²) in [4.78, 5) is 36.3. The van der Waals surface area contributed by atoms with Crippen LogP contribution in [0.1, 0.15) is 36.0 Å². The number of rotatable bonds is 5. The number of anilines is 1. The lowest BCUT2D eigenvalue weighted by atomic mass is 9.86. The molecular weight excluding hydrogens is 292 g/mol. The summed E-state index contributed by atoms with van der Waals surface area (Å²) in [6, 6.07) is 1.04. The lowest BCUT2D eigenvalue weighted by Gasteiger charge is -2.27. The summed E-state index contributed by atoms with van der Waals surface area (Å²) in [7, 11) is 0. The van der Waals surface area contributed by atoms with Crippen molar-refractivity contribution in [2.45, 2.75) is 31.7 Å². The first-order valence-corrected chi connectivity index (χ1v) is 6.82. The number of aliphatic carboxylic acids is 1. The summed E-state index contributed by atoms with van der Waals surface area (Å²) in [5.74, 6) is -1.77. The number of carboxylic acid groups (broad SMARTS) is 1. The largest absolute Gasteiger partial charge is 0.481 e. The molecule has 9 nitrogen and oxygen atoms in total. The second kappa shape index (κ2) is 6.37. The summed E-state index contributed by atoms with van der Waals surface area (Å²) >= 11 is 0. The molecule has 22 heavy (non-hydrogen) atoms. The maximum absolute atomic E-state index is 11.4. The van der Waals surface area contributed by atoms with E-state index in [-0.39, 0.29) is 29.0 Å². The lowest BCUT2D eigenvalue weighted by Crippen LogP contribution is -2.30. The Labute approximate surface area is 125 Å². The fourth-order valence-corrected chi connectivity index (χ4v) is 2.53. The molecule has 0 saturated heterocycles. The van der Waals surface area contributed by atoms with Crippen LogP contribution in [0.3, 0.4) is 0 Å². The standard InChI is InChI=1S/C13H16N4O5/c14-11(18)10-5-9(17(21)22)6-15-12(10)16-8-3-1-7(2-4-8)13(19)20/h5-8H,1-4H2,(H2,14,18)(H,15,16)(H,19,20). The van der Waals surface area contributed by atoms with Gasteiger partial charge in [0, 0.05) is 12.1 Å². The van der Waals surface area contributed by atoms with Gasteiger partial charge in [0.05, 0.1) is 16.4 Å². The van der Waals surface area contributed by atoms with Crippen LogP contribution in [0.4, 0.5) is 11.5 Å². The van der Waals surface area contributed by atoms with Gasteiger partial charge in [-0.1, -0.05) is 0 Å². The van der Waals surface area contributed by atoms with Gasteiger partial charge < -0.3 is 16.2 Å². The third kappa shape index (κ3) is 3.48. The molecule has 1 saturated carbocycles. The van der Waals surface area contributed by atoms with Crippen molar-refractivity contribution in [3.63, 3.8) is 0 Å². The normalized spacial score (nSPS) is 21.1. The second-order valence-corrected chi connectivity index (χ2v) is 5.24. The summed E-state index contributed by atoms with van der Waals surface area (Å²) < 4.78 is 0. The Morgan fingerprint density at radius 3 is 2.50 bits per heavy atom. The predicted molar refractivity (Wildman–Crippen MR) is 76.4 cm³/mol. The number of carbonyl (C=O) groups excluding carboxylic acids is 1. The molecule has 0 aromatic carbocycles. The number of carbonyl (C=O) groups is 2. The van der Waals surface area contributed by atoms with E-state index >= 15 is 0 Å². The molecule has 1 aromatic rings. The van der Waals surface area contributed by atoms with E-state index in [1.807, 2.05) is 0 Å². The maximum atomic E-state index is 11.4. The number of nitrogens with one attached hydrogen (secondary N) is 1. The van der Waals surface area contributed by atoms with Gasteiger partial charge in [0.2, 0.25) is 0 Å². The number of amides is 1. The Bertz CT molecular complexity index is 610. The second-order valence-electron chi connectivity index (χ2n) is 5.24. The molecule has 4 N–H and O–H groups in total. The van der Waals surface area contributed by atoms with Crippen LogP contribution in [-0.4, -0.2) is 32.9 Å². The fourth-order valence-electron chi connectivity index (χ4n) is 2.53. The maximum Gasteiger partial charge on any atom is 0.306 e. The highest BCUT2D eigenvalue weighted by Crippen LogP contribution is 2.28. The SMILES string of the molecule is NC(=O)c1cc([N+](=O)[O-])cnc1NC1CCC(C(=O)O)CC1. The highest BCUT2D eigenvalue weighted by molar-refractivity contribution is 5.98. The zero-order chi connectivity index (χ0) is 16.3. The van der Waals surface area contributed by atoms with Crippen molar-refractivity contribution in [1.29, 1.82) is 0 Å². The minimum atomic E-state index is -0.807. The Kier molecular flexibility index (Phi) is 4.54. The number of hydrogen-bond donors (Lipinski definition) is 3. The molecule has 0 aliphatic heterocycles. The van der Waals surface area contributed by atoms with Gasteiger partial charge in [-0.25, -0.2) is 4.98 Å². The summed E-state index contributed by atoms with van der Waals surface area (Å²) in [6.07, 6.45) is 3.36. The average Bonchev–Trinajstić information content (AvgIpc) is 2.47. The van der Waals surface area contributed by atoms with Crippen LogP contribution < -0.4 is 11.1 Å². The third-order valence-corrected chi connectivity index (χ3v) is 3.77. The van der Waals surface area contributed by atoms with Crippen LogP contribution in [0.25, 0.3) is 0 Å². The zero-order valence-corrected chi connectivity index (χ0v) is 11.7. The van der Waals surface area contributed by atoms with Crippen molar-refractivity contribution in [2.75, 3.05) is 5.32 Å². The predicted octanol–water partition coefficient (Wildman–Crippen LogP) is 1.14. The molecule has 0 atom stereocenters. The van der Waals surface area contributed by atoms with E-state index in [9.17, 15) is 19.7 Å².